The predicted molar refractivity (Wildman–Crippen MR) is 173 cm³/mol. The lowest BCUT2D eigenvalue weighted by atomic mass is 10.1. The molecule has 0 aliphatic rings. The van der Waals surface area contributed by atoms with Crippen LogP contribution in [0.1, 0.15) is 58.8 Å². The maximum atomic E-state index is 11.1. The average Bonchev–Trinajstić information content (AvgIpc) is 3.52. The summed E-state index contributed by atoms with van der Waals surface area (Å²) in [5.74, 6) is 1.14. The van der Waals surface area contributed by atoms with Gasteiger partial charge < -0.3 is 19.7 Å². The van der Waals surface area contributed by atoms with E-state index in [1.165, 1.54) is 0 Å². The monoisotopic (exact) mass is 603 g/mol. The number of carbonyl (C=O) groups is 1. The van der Waals surface area contributed by atoms with E-state index < -0.39 is 0 Å². The molecule has 0 aliphatic heterocycles. The van der Waals surface area contributed by atoms with Crippen molar-refractivity contribution in [2.45, 2.75) is 71.4 Å². The number of anilines is 2. The number of nitrogens with zero attached hydrogens (tertiary/aromatic N) is 5. The van der Waals surface area contributed by atoms with E-state index in [1.54, 1.807) is 25.9 Å². The summed E-state index contributed by atoms with van der Waals surface area (Å²) >= 11 is 0. The van der Waals surface area contributed by atoms with Crippen molar-refractivity contribution in [3.8, 4) is 22.8 Å². The van der Waals surface area contributed by atoms with E-state index in [9.17, 15) is 4.79 Å². The van der Waals surface area contributed by atoms with Crippen LogP contribution in [-0.2, 0) is 11.3 Å². The largest absolute Gasteiger partial charge is 0.497 e. The van der Waals surface area contributed by atoms with Crippen molar-refractivity contribution in [2.24, 2.45) is 0 Å². The number of ether oxygens (including phenoxy) is 2. The molecule has 2 heterocycles. The molecule has 0 saturated carbocycles. The highest BCUT2D eigenvalue weighted by Gasteiger charge is 2.15. The average molecular weight is 604 g/mol. The predicted octanol–water partition coefficient (Wildman–Crippen LogP) is 5.88. The van der Waals surface area contributed by atoms with Gasteiger partial charge in [-0.3, -0.25) is 19.7 Å². The van der Waals surface area contributed by atoms with Crippen LogP contribution in [0.5, 0.6) is 11.5 Å². The molecule has 11 nitrogen and oxygen atoms in total. The van der Waals surface area contributed by atoms with Crippen molar-refractivity contribution < 1.29 is 19.5 Å². The number of amides is 1. The number of aryl methyl sites for hydroxylation is 1. The first kappa shape index (κ1) is 32.7. The normalized spacial score (nSPS) is 11.2. The Kier molecular flexibility index (Phi) is 12.3. The van der Waals surface area contributed by atoms with E-state index in [0.717, 1.165) is 103 Å². The fraction of sp³-hybridized carbons (Fsp3) is 0.455. The van der Waals surface area contributed by atoms with Gasteiger partial charge in [0.25, 0.3) is 0 Å². The molecule has 44 heavy (non-hydrogen) atoms. The van der Waals surface area contributed by atoms with Crippen molar-refractivity contribution in [2.75, 3.05) is 32.2 Å². The fourth-order valence-corrected chi connectivity index (χ4v) is 5.07. The summed E-state index contributed by atoms with van der Waals surface area (Å²) in [4.78, 5) is 23.0. The lowest BCUT2D eigenvalue weighted by Crippen LogP contribution is -2.32. The van der Waals surface area contributed by atoms with Crippen molar-refractivity contribution in [3.05, 3.63) is 55.0 Å². The Hall–Kier alpha value is -4.22. The third-order valence-electron chi connectivity index (χ3n) is 7.47. The van der Waals surface area contributed by atoms with Crippen LogP contribution in [0.25, 0.3) is 22.3 Å². The molecule has 0 unspecified atom stereocenters. The molecular formula is C33H45N7O4. The highest BCUT2D eigenvalue weighted by Crippen LogP contribution is 2.34. The van der Waals surface area contributed by atoms with Crippen LogP contribution < -0.4 is 25.2 Å². The number of aromatic nitrogens is 4. The Morgan fingerprint density at radius 2 is 1.66 bits per heavy atom. The Morgan fingerprint density at radius 1 is 0.932 bits per heavy atom. The summed E-state index contributed by atoms with van der Waals surface area (Å²) in [7, 11) is 3.32. The summed E-state index contributed by atoms with van der Waals surface area (Å²) in [5.41, 5.74) is 6.98. The van der Waals surface area contributed by atoms with Crippen LogP contribution in [0.15, 0.2) is 55.0 Å². The molecule has 2 aromatic carbocycles. The van der Waals surface area contributed by atoms with Gasteiger partial charge in [0.1, 0.15) is 11.5 Å². The third kappa shape index (κ3) is 9.39. The number of methoxy groups -OCH3 is 2. The van der Waals surface area contributed by atoms with E-state index in [4.69, 9.17) is 24.6 Å². The second kappa shape index (κ2) is 16.6. The first-order valence-corrected chi connectivity index (χ1v) is 15.4. The van der Waals surface area contributed by atoms with Crippen molar-refractivity contribution >= 4 is 28.3 Å². The fourth-order valence-electron chi connectivity index (χ4n) is 5.07. The summed E-state index contributed by atoms with van der Waals surface area (Å²) in [6.45, 7) is 6.65. The molecule has 0 atom stereocenters. The van der Waals surface area contributed by atoms with Gasteiger partial charge in [-0.25, -0.2) is 10.5 Å². The lowest BCUT2D eigenvalue weighted by molar-refractivity contribution is -0.129. The van der Waals surface area contributed by atoms with E-state index in [1.807, 2.05) is 41.3 Å². The van der Waals surface area contributed by atoms with E-state index in [2.05, 4.69) is 41.3 Å². The summed E-state index contributed by atoms with van der Waals surface area (Å²) in [6, 6.07) is 12.4. The van der Waals surface area contributed by atoms with Gasteiger partial charge >= 0.3 is 0 Å². The second-order valence-corrected chi connectivity index (χ2v) is 11.2. The second-order valence-electron chi connectivity index (χ2n) is 11.2. The molecular weight excluding hydrogens is 558 g/mol. The zero-order valence-corrected chi connectivity index (χ0v) is 26.3. The molecule has 0 aliphatic carbocycles. The molecule has 11 heteroatoms. The third-order valence-corrected chi connectivity index (χ3v) is 7.47. The van der Waals surface area contributed by atoms with Gasteiger partial charge in [0.15, 0.2) is 0 Å². The molecule has 2 aromatic heterocycles. The molecule has 0 bridgehead atoms. The molecule has 1 amide bonds. The SMILES string of the molecule is COc1cc(OC)cc(N(CCNC(C)C)c2ccc3ncc(-c4cnn(CCCCCCCCC(=O)NO)c4)nc3c2)c1. The van der Waals surface area contributed by atoms with Gasteiger partial charge in [-0.05, 0) is 31.0 Å². The summed E-state index contributed by atoms with van der Waals surface area (Å²) in [6.07, 6.45) is 12.2. The minimum absolute atomic E-state index is 0.318. The van der Waals surface area contributed by atoms with E-state index in [0.29, 0.717) is 12.5 Å². The number of unbranched alkanes of at least 4 members (excludes halogenated alkanes) is 5. The van der Waals surface area contributed by atoms with E-state index >= 15 is 0 Å². The van der Waals surface area contributed by atoms with Crippen LogP contribution >= 0.6 is 0 Å². The van der Waals surface area contributed by atoms with Gasteiger partial charge in [-0.15, -0.1) is 0 Å². The lowest BCUT2D eigenvalue weighted by Gasteiger charge is -2.27. The maximum Gasteiger partial charge on any atom is 0.243 e. The van der Waals surface area contributed by atoms with E-state index in [-0.39, 0.29) is 5.91 Å². The van der Waals surface area contributed by atoms with Gasteiger partial charge in [0, 0.05) is 73.4 Å². The molecule has 0 spiro atoms. The van der Waals surface area contributed by atoms with Crippen molar-refractivity contribution in [1.29, 1.82) is 0 Å². The number of hydrogen-bond donors (Lipinski definition) is 3. The standard InChI is InChI=1S/C33H45N7O4/c1-24(2)34-14-16-40(27-17-28(43-3)20-29(18-27)44-4)26-12-13-30-31(19-26)37-32(22-35-30)25-21-36-39(23-25)15-10-8-6-5-7-9-11-33(41)38-42/h12-13,17-24,34,42H,5-11,14-16H2,1-4H3,(H,38,41). The molecule has 4 aromatic rings. The van der Waals surface area contributed by atoms with Crippen molar-refractivity contribution in [1.82, 2.24) is 30.5 Å². The topological polar surface area (TPSA) is 127 Å². The number of carbonyl (C=O) groups excluding carboxylic acids is 1. The molecule has 4 rings (SSSR count). The number of rotatable bonds is 18. The number of fused-ring (bicyclic) bond motifs is 1. The molecule has 3 N–H and O–H groups in total. The Labute approximate surface area is 259 Å². The van der Waals surface area contributed by atoms with Gasteiger partial charge in [0.2, 0.25) is 5.91 Å². The van der Waals surface area contributed by atoms with Crippen LogP contribution in [0, 0.1) is 0 Å². The molecule has 0 saturated heterocycles. The van der Waals surface area contributed by atoms with Crippen LogP contribution in [0.3, 0.4) is 0 Å². The highest BCUT2D eigenvalue weighted by molar-refractivity contribution is 5.82. The Morgan fingerprint density at radius 3 is 2.36 bits per heavy atom. The number of nitrogens with one attached hydrogen (secondary N) is 2. The Bertz CT molecular complexity index is 1470. The maximum absolute atomic E-state index is 11.1. The van der Waals surface area contributed by atoms with Gasteiger partial charge in [0.05, 0.1) is 43.3 Å². The quantitative estimate of drug-likeness (QED) is 0.0726. The molecule has 236 valence electrons. The summed E-state index contributed by atoms with van der Waals surface area (Å²) in [5, 5.41) is 16.6. The molecule has 0 fully saturated rings. The first-order chi connectivity index (χ1) is 21.4. The van der Waals surface area contributed by atoms with Crippen LogP contribution in [0.2, 0.25) is 0 Å². The highest BCUT2D eigenvalue weighted by atomic mass is 16.5. The van der Waals surface area contributed by atoms with Gasteiger partial charge in [-0.2, -0.15) is 5.10 Å². The number of hydrogen-bond acceptors (Lipinski definition) is 9. The Balaban J connectivity index is 1.45. The number of hydroxylamine groups is 1. The molecule has 0 radical (unpaired) electrons. The van der Waals surface area contributed by atoms with Crippen LogP contribution in [0.4, 0.5) is 11.4 Å². The smallest absolute Gasteiger partial charge is 0.243 e. The van der Waals surface area contributed by atoms with Crippen molar-refractivity contribution in [3.63, 3.8) is 0 Å². The number of benzene rings is 2. The first-order valence-electron chi connectivity index (χ1n) is 15.4. The van der Waals surface area contributed by atoms with Gasteiger partial charge in [-0.1, -0.05) is 39.5 Å². The minimum Gasteiger partial charge on any atom is -0.497 e. The van der Waals surface area contributed by atoms with Crippen LogP contribution in [-0.4, -0.2) is 64.2 Å². The summed E-state index contributed by atoms with van der Waals surface area (Å²) < 4.78 is 13.1. The zero-order chi connectivity index (χ0) is 31.3. The zero-order valence-electron chi connectivity index (χ0n) is 26.3. The minimum atomic E-state index is -0.318.